The van der Waals surface area contributed by atoms with Crippen molar-refractivity contribution in [3.05, 3.63) is 65.2 Å². The van der Waals surface area contributed by atoms with Gasteiger partial charge in [0.25, 0.3) is 0 Å². The highest BCUT2D eigenvalue weighted by molar-refractivity contribution is 6.12. The lowest BCUT2D eigenvalue weighted by molar-refractivity contribution is 0.214. The van der Waals surface area contributed by atoms with Gasteiger partial charge in [0.05, 0.1) is 0 Å². The predicted octanol–water partition coefficient (Wildman–Crippen LogP) is 3.70. The van der Waals surface area contributed by atoms with Gasteiger partial charge in [-0.3, -0.25) is 0 Å². The highest BCUT2D eigenvalue weighted by Gasteiger charge is 2.10. The maximum Gasteiger partial charge on any atom is 0.187 e. The number of rotatable bonds is 6. The molecule has 0 N–H and O–H groups in total. The molecule has 0 atom stereocenters. The Morgan fingerprint density at radius 2 is 1.86 bits per heavy atom. The van der Waals surface area contributed by atoms with Gasteiger partial charge < -0.3 is 9.57 Å². The molecule has 0 saturated carbocycles. The molecule has 0 aliphatic rings. The summed E-state index contributed by atoms with van der Waals surface area (Å²) >= 11 is 0. The van der Waals surface area contributed by atoms with Crippen LogP contribution in [0.5, 0.6) is 5.75 Å². The minimum Gasteiger partial charge on any atom is -0.489 e. The van der Waals surface area contributed by atoms with Gasteiger partial charge in [-0.2, -0.15) is 5.26 Å². The van der Waals surface area contributed by atoms with Gasteiger partial charge in [-0.1, -0.05) is 48.5 Å². The molecule has 2 rings (SSSR count). The highest BCUT2D eigenvalue weighted by Crippen LogP contribution is 2.17. The molecule has 0 radical (unpaired) electrons. The van der Waals surface area contributed by atoms with E-state index in [9.17, 15) is 5.26 Å². The Bertz CT molecular complexity index is 685. The molecule has 0 aliphatic heterocycles. The van der Waals surface area contributed by atoms with E-state index in [0.717, 1.165) is 23.3 Å². The van der Waals surface area contributed by atoms with Crippen LogP contribution >= 0.6 is 0 Å². The van der Waals surface area contributed by atoms with E-state index < -0.39 is 0 Å². The molecule has 2 aromatic carbocycles. The Hall–Kier alpha value is -2.80. The molecule has 0 fully saturated rings. The molecular weight excluding hydrogens is 276 g/mol. The summed E-state index contributed by atoms with van der Waals surface area (Å²) in [7, 11) is 1.42. The van der Waals surface area contributed by atoms with Gasteiger partial charge >= 0.3 is 0 Å². The van der Waals surface area contributed by atoms with Crippen LogP contribution in [0.1, 0.15) is 23.6 Å². The van der Waals surface area contributed by atoms with Crippen molar-refractivity contribution in [1.82, 2.24) is 0 Å². The molecular formula is C18H18N2O2. The van der Waals surface area contributed by atoms with E-state index in [2.05, 4.69) is 12.1 Å². The second kappa shape index (κ2) is 7.84. The minimum absolute atomic E-state index is 0.239. The van der Waals surface area contributed by atoms with Gasteiger partial charge in [-0.25, -0.2) is 0 Å². The highest BCUT2D eigenvalue weighted by atomic mass is 16.6. The number of nitriles is 1. The summed E-state index contributed by atoms with van der Waals surface area (Å²) in [4.78, 5) is 4.72. The van der Waals surface area contributed by atoms with Gasteiger partial charge in [0.15, 0.2) is 5.71 Å². The summed E-state index contributed by atoms with van der Waals surface area (Å²) < 4.78 is 5.80. The number of hydrogen-bond acceptors (Lipinski definition) is 4. The van der Waals surface area contributed by atoms with Gasteiger partial charge in [-0.15, -0.1) is 0 Å². The van der Waals surface area contributed by atoms with Gasteiger partial charge in [0, 0.05) is 5.56 Å². The minimum atomic E-state index is 0.239. The molecule has 4 nitrogen and oxygen atoms in total. The topological polar surface area (TPSA) is 54.6 Å². The number of benzene rings is 2. The zero-order valence-corrected chi connectivity index (χ0v) is 12.7. The smallest absolute Gasteiger partial charge is 0.187 e. The first-order valence-corrected chi connectivity index (χ1v) is 7.09. The fourth-order valence-corrected chi connectivity index (χ4v) is 2.08. The molecule has 22 heavy (non-hydrogen) atoms. The third-order valence-electron chi connectivity index (χ3n) is 3.29. The molecule has 0 aromatic heterocycles. The van der Waals surface area contributed by atoms with E-state index >= 15 is 0 Å². The SMILES string of the molecule is CCc1ccc(OCc2ccccc2C(C#N)=NOC)cc1. The van der Waals surface area contributed by atoms with Crippen molar-refractivity contribution in [1.29, 1.82) is 5.26 Å². The molecule has 0 saturated heterocycles. The molecule has 0 bridgehead atoms. The van der Waals surface area contributed by atoms with Crippen LogP contribution in [-0.4, -0.2) is 12.8 Å². The number of oxime groups is 1. The molecule has 0 amide bonds. The summed E-state index contributed by atoms with van der Waals surface area (Å²) in [5, 5.41) is 12.9. The lowest BCUT2D eigenvalue weighted by Gasteiger charge is -2.10. The van der Waals surface area contributed by atoms with Crippen molar-refractivity contribution in [3.8, 4) is 11.8 Å². The van der Waals surface area contributed by atoms with Crippen LogP contribution in [0.3, 0.4) is 0 Å². The third kappa shape index (κ3) is 3.86. The van der Waals surface area contributed by atoms with E-state index in [0.29, 0.717) is 6.61 Å². The van der Waals surface area contributed by atoms with Crippen LogP contribution in [0.4, 0.5) is 0 Å². The summed E-state index contributed by atoms with van der Waals surface area (Å²) in [5.74, 6) is 0.800. The van der Waals surface area contributed by atoms with E-state index in [-0.39, 0.29) is 5.71 Å². The van der Waals surface area contributed by atoms with Crippen LogP contribution in [0, 0.1) is 11.3 Å². The van der Waals surface area contributed by atoms with Crippen molar-refractivity contribution in [2.45, 2.75) is 20.0 Å². The maximum absolute atomic E-state index is 9.18. The number of hydrogen-bond donors (Lipinski definition) is 0. The Labute approximate surface area is 130 Å². The maximum atomic E-state index is 9.18. The van der Waals surface area contributed by atoms with Crippen LogP contribution in [-0.2, 0) is 17.9 Å². The Kier molecular flexibility index (Phi) is 5.56. The van der Waals surface area contributed by atoms with Crippen molar-refractivity contribution < 1.29 is 9.57 Å². The summed E-state index contributed by atoms with van der Waals surface area (Å²) in [6.07, 6.45) is 1.00. The first-order valence-electron chi connectivity index (χ1n) is 7.09. The van der Waals surface area contributed by atoms with E-state index in [1.54, 1.807) is 0 Å². The van der Waals surface area contributed by atoms with Crippen molar-refractivity contribution in [2.24, 2.45) is 5.16 Å². The van der Waals surface area contributed by atoms with Crippen LogP contribution < -0.4 is 4.74 Å². The van der Waals surface area contributed by atoms with Gasteiger partial charge in [0.1, 0.15) is 25.5 Å². The lowest BCUT2D eigenvalue weighted by atomic mass is 10.0. The molecule has 0 spiro atoms. The fraction of sp³-hybridized carbons (Fsp3) is 0.222. The third-order valence-corrected chi connectivity index (χ3v) is 3.29. The molecule has 2 aromatic rings. The molecule has 112 valence electrons. The number of nitrogens with zero attached hydrogens (tertiary/aromatic N) is 2. The number of aryl methyl sites for hydroxylation is 1. The zero-order valence-electron chi connectivity index (χ0n) is 12.7. The van der Waals surface area contributed by atoms with Crippen LogP contribution in [0.25, 0.3) is 0 Å². The molecule has 0 unspecified atom stereocenters. The Balaban J connectivity index is 2.16. The molecule has 4 heteroatoms. The Morgan fingerprint density at radius 3 is 2.50 bits per heavy atom. The van der Waals surface area contributed by atoms with Gasteiger partial charge in [-0.05, 0) is 29.7 Å². The average molecular weight is 294 g/mol. The van der Waals surface area contributed by atoms with Crippen LogP contribution in [0.15, 0.2) is 53.7 Å². The van der Waals surface area contributed by atoms with Crippen molar-refractivity contribution in [2.75, 3.05) is 7.11 Å². The van der Waals surface area contributed by atoms with Crippen molar-refractivity contribution >= 4 is 5.71 Å². The lowest BCUT2D eigenvalue weighted by Crippen LogP contribution is -2.06. The van der Waals surface area contributed by atoms with Crippen molar-refractivity contribution in [3.63, 3.8) is 0 Å². The van der Waals surface area contributed by atoms with E-state index in [4.69, 9.17) is 9.57 Å². The standard InChI is InChI=1S/C18H18N2O2/c1-3-14-8-10-16(11-9-14)22-13-15-6-4-5-7-17(15)18(12-19)20-21-2/h4-11H,3,13H2,1-2H3. The predicted molar refractivity (Wildman–Crippen MR) is 85.8 cm³/mol. The number of ether oxygens (including phenoxy) is 1. The quantitative estimate of drug-likeness (QED) is 0.603. The monoisotopic (exact) mass is 294 g/mol. The van der Waals surface area contributed by atoms with Crippen LogP contribution in [0.2, 0.25) is 0 Å². The normalized spacial score (nSPS) is 10.9. The summed E-state index contributed by atoms with van der Waals surface area (Å²) in [6, 6.07) is 17.6. The first kappa shape index (κ1) is 15.6. The van der Waals surface area contributed by atoms with E-state index in [1.807, 2.05) is 54.6 Å². The van der Waals surface area contributed by atoms with E-state index in [1.165, 1.54) is 12.7 Å². The second-order valence-corrected chi connectivity index (χ2v) is 4.68. The summed E-state index contributed by atoms with van der Waals surface area (Å²) in [5.41, 5.74) is 3.12. The fourth-order valence-electron chi connectivity index (χ4n) is 2.08. The second-order valence-electron chi connectivity index (χ2n) is 4.68. The molecule has 0 aliphatic carbocycles. The zero-order chi connectivity index (χ0) is 15.8. The Morgan fingerprint density at radius 1 is 1.14 bits per heavy atom. The molecule has 0 heterocycles. The van der Waals surface area contributed by atoms with Gasteiger partial charge in [0.2, 0.25) is 0 Å². The largest absolute Gasteiger partial charge is 0.489 e. The summed E-state index contributed by atoms with van der Waals surface area (Å²) in [6.45, 7) is 2.48. The first-order chi connectivity index (χ1) is 10.8. The average Bonchev–Trinajstić information content (AvgIpc) is 2.58.